The Labute approximate surface area is 185 Å². The summed E-state index contributed by atoms with van der Waals surface area (Å²) in [7, 11) is 0. The predicted octanol–water partition coefficient (Wildman–Crippen LogP) is 3.49. The highest BCUT2D eigenvalue weighted by molar-refractivity contribution is 6.33. The third-order valence-corrected chi connectivity index (χ3v) is 5.60. The number of nitrogens with zero attached hydrogens (tertiary/aromatic N) is 3. The van der Waals surface area contributed by atoms with Gasteiger partial charge in [0.25, 0.3) is 5.91 Å². The molecule has 1 aromatic heterocycles. The van der Waals surface area contributed by atoms with Gasteiger partial charge in [-0.3, -0.25) is 9.59 Å². The molecule has 0 saturated heterocycles. The van der Waals surface area contributed by atoms with Gasteiger partial charge in [-0.2, -0.15) is 0 Å². The second-order valence-electron chi connectivity index (χ2n) is 7.61. The van der Waals surface area contributed by atoms with Crippen LogP contribution in [0.15, 0.2) is 60.9 Å². The van der Waals surface area contributed by atoms with Crippen LogP contribution in [-0.4, -0.2) is 33.1 Å². The second kappa shape index (κ2) is 9.75. The topological polar surface area (TPSA) is 88.9 Å². The van der Waals surface area contributed by atoms with Crippen molar-refractivity contribution in [3.63, 3.8) is 0 Å². The van der Waals surface area contributed by atoms with Crippen molar-refractivity contribution in [2.24, 2.45) is 0 Å². The van der Waals surface area contributed by atoms with Gasteiger partial charge >= 0.3 is 0 Å². The minimum atomic E-state index is -0.472. The average molecular weight is 438 g/mol. The first-order valence-electron chi connectivity index (χ1n) is 10.4. The van der Waals surface area contributed by atoms with Gasteiger partial charge in [0.15, 0.2) is 0 Å². The monoisotopic (exact) mass is 437 g/mol. The van der Waals surface area contributed by atoms with Crippen molar-refractivity contribution in [3.05, 3.63) is 82.9 Å². The van der Waals surface area contributed by atoms with Crippen LogP contribution in [0.1, 0.15) is 53.1 Å². The van der Waals surface area contributed by atoms with Gasteiger partial charge in [0.05, 0.1) is 23.0 Å². The lowest BCUT2D eigenvalue weighted by molar-refractivity contribution is -0.121. The molecule has 7 nitrogen and oxygen atoms in total. The number of rotatable bonds is 9. The number of benzene rings is 2. The molecule has 8 heteroatoms. The van der Waals surface area contributed by atoms with E-state index < -0.39 is 6.04 Å². The zero-order chi connectivity index (χ0) is 21.6. The highest BCUT2D eigenvalue weighted by Crippen LogP contribution is 2.35. The summed E-state index contributed by atoms with van der Waals surface area (Å²) >= 11 is 6.16. The Hall–Kier alpha value is -3.19. The molecule has 1 atom stereocenters. The number of nitrogens with one attached hydrogen (secondary N) is 2. The Morgan fingerprint density at radius 2 is 1.84 bits per heavy atom. The summed E-state index contributed by atoms with van der Waals surface area (Å²) in [5, 5.41) is 14.4. The Balaban J connectivity index is 1.37. The van der Waals surface area contributed by atoms with Crippen LogP contribution in [0.2, 0.25) is 5.02 Å². The van der Waals surface area contributed by atoms with Crippen molar-refractivity contribution in [3.8, 4) is 0 Å². The molecule has 1 heterocycles. The Kier molecular flexibility index (Phi) is 6.62. The summed E-state index contributed by atoms with van der Waals surface area (Å²) in [6.45, 7) is 0.463. The number of carbonyl (C=O) groups is 2. The minimum absolute atomic E-state index is 0.121. The van der Waals surface area contributed by atoms with Crippen molar-refractivity contribution < 1.29 is 9.59 Å². The lowest BCUT2D eigenvalue weighted by Gasteiger charge is -2.19. The fourth-order valence-corrected chi connectivity index (χ4v) is 3.71. The number of hydrogen-bond acceptors (Lipinski definition) is 4. The lowest BCUT2D eigenvalue weighted by Crippen LogP contribution is -2.34. The molecule has 1 aliphatic rings. The predicted molar refractivity (Wildman–Crippen MR) is 118 cm³/mol. The average Bonchev–Trinajstić information content (AvgIpc) is 3.52. The molecule has 4 rings (SSSR count). The van der Waals surface area contributed by atoms with Gasteiger partial charge in [-0.1, -0.05) is 54.1 Å². The molecule has 1 aliphatic carbocycles. The summed E-state index contributed by atoms with van der Waals surface area (Å²) in [6.07, 6.45) is 4.80. The minimum Gasteiger partial charge on any atom is -0.356 e. The normalized spacial score (nSPS) is 14.1. The highest BCUT2D eigenvalue weighted by atomic mass is 35.5. The first kappa shape index (κ1) is 21.1. The van der Waals surface area contributed by atoms with E-state index in [2.05, 4.69) is 25.4 Å². The van der Waals surface area contributed by atoms with Crippen molar-refractivity contribution in [1.82, 2.24) is 25.4 Å². The maximum absolute atomic E-state index is 12.8. The first-order chi connectivity index (χ1) is 15.1. The number of carbonyl (C=O) groups excluding carboxylic acids is 2. The number of halogens is 1. The zero-order valence-corrected chi connectivity index (χ0v) is 17.8. The maximum atomic E-state index is 12.8. The third kappa shape index (κ3) is 5.49. The van der Waals surface area contributed by atoms with Gasteiger partial charge in [-0.05, 0) is 30.5 Å². The number of amides is 2. The van der Waals surface area contributed by atoms with Crippen molar-refractivity contribution in [1.29, 1.82) is 0 Å². The largest absolute Gasteiger partial charge is 0.356 e. The van der Waals surface area contributed by atoms with Crippen LogP contribution in [-0.2, 0) is 11.2 Å². The summed E-state index contributed by atoms with van der Waals surface area (Å²) in [5.41, 5.74) is 1.23. The maximum Gasteiger partial charge on any atom is 0.253 e. The van der Waals surface area contributed by atoms with E-state index in [4.69, 9.17) is 11.6 Å². The highest BCUT2D eigenvalue weighted by Gasteiger charge is 2.26. The van der Waals surface area contributed by atoms with E-state index in [1.165, 1.54) is 0 Å². The fourth-order valence-electron chi connectivity index (χ4n) is 3.49. The zero-order valence-electron chi connectivity index (χ0n) is 17.0. The van der Waals surface area contributed by atoms with Crippen molar-refractivity contribution in [2.75, 3.05) is 6.54 Å². The van der Waals surface area contributed by atoms with Crippen LogP contribution in [0.5, 0.6) is 0 Å². The van der Waals surface area contributed by atoms with Gasteiger partial charge in [-0.15, -0.1) is 10.2 Å². The quantitative estimate of drug-likeness (QED) is 0.536. The molecule has 0 bridgehead atoms. The molecule has 0 aliphatic heterocycles. The van der Waals surface area contributed by atoms with Gasteiger partial charge in [0.2, 0.25) is 5.91 Å². The Morgan fingerprint density at radius 1 is 1.10 bits per heavy atom. The van der Waals surface area contributed by atoms with Crippen LogP contribution in [0.4, 0.5) is 0 Å². The molecule has 1 fully saturated rings. The summed E-state index contributed by atoms with van der Waals surface area (Å²) in [6, 6.07) is 16.3. The second-order valence-corrected chi connectivity index (χ2v) is 8.01. The number of aromatic nitrogens is 3. The van der Waals surface area contributed by atoms with Gasteiger partial charge in [-0.25, -0.2) is 0 Å². The fraction of sp³-hybridized carbons (Fsp3) is 0.304. The SMILES string of the molecule is O=C(CC(NC(=O)c1ccccc1Cl)c1ccccc1)NCCc1nncn1C1CC1. The molecule has 160 valence electrons. The molecule has 1 saturated carbocycles. The van der Waals surface area contributed by atoms with Crippen LogP contribution in [0.3, 0.4) is 0 Å². The molecule has 2 N–H and O–H groups in total. The molecule has 2 amide bonds. The van der Waals surface area contributed by atoms with E-state index in [0.717, 1.165) is 24.2 Å². The van der Waals surface area contributed by atoms with Gasteiger partial charge in [0.1, 0.15) is 12.2 Å². The standard InChI is InChI=1S/C23H24ClN5O2/c24-19-9-5-4-8-18(19)23(31)27-20(16-6-2-1-3-7-16)14-22(30)25-13-12-21-28-26-15-29(21)17-10-11-17/h1-9,15,17,20H,10-14H2,(H,25,30)(H,27,31). The number of hydrogen-bond donors (Lipinski definition) is 2. The van der Waals surface area contributed by atoms with E-state index in [0.29, 0.717) is 29.6 Å². The van der Waals surface area contributed by atoms with Crippen LogP contribution >= 0.6 is 11.6 Å². The molecular weight excluding hydrogens is 414 g/mol. The van der Waals surface area contributed by atoms with Gasteiger partial charge in [0, 0.05) is 19.0 Å². The molecule has 2 aromatic carbocycles. The van der Waals surface area contributed by atoms with Crippen LogP contribution in [0.25, 0.3) is 0 Å². The van der Waals surface area contributed by atoms with E-state index in [9.17, 15) is 9.59 Å². The van der Waals surface area contributed by atoms with E-state index in [1.54, 1.807) is 30.6 Å². The molecular formula is C23H24ClN5O2. The smallest absolute Gasteiger partial charge is 0.253 e. The first-order valence-corrected chi connectivity index (χ1v) is 10.7. The summed E-state index contributed by atoms with van der Waals surface area (Å²) in [4.78, 5) is 25.4. The molecule has 1 unspecified atom stereocenters. The van der Waals surface area contributed by atoms with E-state index in [-0.39, 0.29) is 18.2 Å². The Bertz CT molecular complexity index is 1050. The molecule has 0 spiro atoms. The summed E-state index contributed by atoms with van der Waals surface area (Å²) in [5.74, 6) is 0.421. The van der Waals surface area contributed by atoms with Crippen molar-refractivity contribution in [2.45, 2.75) is 37.8 Å². The van der Waals surface area contributed by atoms with Crippen LogP contribution < -0.4 is 10.6 Å². The van der Waals surface area contributed by atoms with Gasteiger partial charge < -0.3 is 15.2 Å². The summed E-state index contributed by atoms with van der Waals surface area (Å²) < 4.78 is 2.09. The molecule has 0 radical (unpaired) electrons. The van der Waals surface area contributed by atoms with Crippen molar-refractivity contribution >= 4 is 23.4 Å². The van der Waals surface area contributed by atoms with Crippen LogP contribution in [0, 0.1) is 0 Å². The lowest BCUT2D eigenvalue weighted by atomic mass is 10.0. The Morgan fingerprint density at radius 3 is 2.58 bits per heavy atom. The van der Waals surface area contributed by atoms with E-state index in [1.807, 2.05) is 30.3 Å². The van der Waals surface area contributed by atoms with E-state index >= 15 is 0 Å². The molecule has 3 aromatic rings. The molecule has 31 heavy (non-hydrogen) atoms. The third-order valence-electron chi connectivity index (χ3n) is 5.27.